The number of carbonyl (C=O) groups excluding carboxylic acids is 1. The molecule has 0 N–H and O–H groups in total. The van der Waals surface area contributed by atoms with Gasteiger partial charge in [0.05, 0.1) is 0 Å². The lowest BCUT2D eigenvalue weighted by atomic mass is 9.97. The maximum atomic E-state index is 11.8. The first kappa shape index (κ1) is 10.3. The van der Waals surface area contributed by atoms with E-state index in [4.69, 9.17) is 0 Å². The molecule has 2 aromatic carbocycles. The van der Waals surface area contributed by atoms with Gasteiger partial charge in [0.15, 0.2) is 5.78 Å². The van der Waals surface area contributed by atoms with Crippen LogP contribution in [-0.4, -0.2) is 5.78 Å². The van der Waals surface area contributed by atoms with E-state index in [9.17, 15) is 4.79 Å². The van der Waals surface area contributed by atoms with Crippen molar-refractivity contribution in [1.82, 2.24) is 0 Å². The predicted octanol–water partition coefficient (Wildman–Crippen LogP) is 3.76. The molecular weight excluding hydrogens is 208 g/mol. The molecule has 0 saturated carbocycles. The Morgan fingerprint density at radius 1 is 1.00 bits per heavy atom. The average Bonchev–Trinajstić information content (AvgIpc) is 2.50. The summed E-state index contributed by atoms with van der Waals surface area (Å²) in [5, 5.41) is 2.49. The van der Waals surface area contributed by atoms with E-state index < -0.39 is 0 Å². The van der Waals surface area contributed by atoms with Gasteiger partial charge < -0.3 is 0 Å². The summed E-state index contributed by atoms with van der Waals surface area (Å²) in [6, 6.07) is 12.7. The molecule has 0 unspecified atom stereocenters. The van der Waals surface area contributed by atoms with Crippen molar-refractivity contribution in [1.29, 1.82) is 0 Å². The number of Topliss-reactive ketones (excluding diaryl/α,β-unsaturated/α-hetero) is 1. The molecule has 0 aromatic heterocycles. The molecule has 84 valence electrons. The highest BCUT2D eigenvalue weighted by atomic mass is 16.1. The predicted molar refractivity (Wildman–Crippen MR) is 70.9 cm³/mol. The molecule has 0 atom stereocenters. The molecule has 3 rings (SSSR count). The molecule has 0 spiro atoms. The van der Waals surface area contributed by atoms with Crippen LogP contribution in [0.1, 0.15) is 24.5 Å². The first-order valence-corrected chi connectivity index (χ1v) is 5.98. The Kier molecular flexibility index (Phi) is 2.32. The number of hydrogen-bond acceptors (Lipinski definition) is 1. The van der Waals surface area contributed by atoms with Crippen molar-refractivity contribution in [3.63, 3.8) is 0 Å². The third kappa shape index (κ3) is 1.68. The van der Waals surface area contributed by atoms with E-state index in [2.05, 4.69) is 30.3 Å². The van der Waals surface area contributed by atoms with Crippen LogP contribution in [0.25, 0.3) is 16.8 Å². The molecule has 0 saturated heterocycles. The fourth-order valence-electron chi connectivity index (χ4n) is 2.47. The van der Waals surface area contributed by atoms with E-state index in [1.54, 1.807) is 0 Å². The van der Waals surface area contributed by atoms with Crippen molar-refractivity contribution in [3.8, 4) is 0 Å². The summed E-state index contributed by atoms with van der Waals surface area (Å²) in [7, 11) is 0. The highest BCUT2D eigenvalue weighted by Gasteiger charge is 2.14. The highest BCUT2D eigenvalue weighted by Crippen LogP contribution is 2.28. The zero-order valence-corrected chi connectivity index (χ0v) is 9.86. The number of ketones is 1. The Hall–Kier alpha value is -1.89. The summed E-state index contributed by atoms with van der Waals surface area (Å²) in [5.74, 6) is 0.269. The molecule has 0 bridgehead atoms. The minimum atomic E-state index is 0.269. The van der Waals surface area contributed by atoms with Crippen LogP contribution in [0.2, 0.25) is 0 Å². The molecule has 1 aliphatic carbocycles. The van der Waals surface area contributed by atoms with Crippen LogP contribution in [0.3, 0.4) is 0 Å². The van der Waals surface area contributed by atoms with Gasteiger partial charge in [-0.2, -0.15) is 0 Å². The lowest BCUT2D eigenvalue weighted by molar-refractivity contribution is -0.115. The summed E-state index contributed by atoms with van der Waals surface area (Å²) in [6.07, 6.45) is 3.54. The summed E-state index contributed by atoms with van der Waals surface area (Å²) in [5.41, 5.74) is 3.39. The number of aryl methyl sites for hydroxylation is 1. The topological polar surface area (TPSA) is 17.1 Å². The Morgan fingerprint density at radius 2 is 1.82 bits per heavy atom. The van der Waals surface area contributed by atoms with Crippen LogP contribution in [0.5, 0.6) is 0 Å². The minimum absolute atomic E-state index is 0.269. The molecule has 1 nitrogen and oxygen atoms in total. The molecule has 17 heavy (non-hydrogen) atoms. The van der Waals surface area contributed by atoms with Crippen molar-refractivity contribution < 1.29 is 4.79 Å². The van der Waals surface area contributed by atoms with E-state index in [1.165, 1.54) is 21.9 Å². The molecule has 0 fully saturated rings. The zero-order valence-electron chi connectivity index (χ0n) is 9.86. The summed E-state index contributed by atoms with van der Waals surface area (Å²) >= 11 is 0. The second-order valence-corrected chi connectivity index (χ2v) is 4.61. The molecule has 0 heterocycles. The normalized spacial score (nSPS) is 15.4. The van der Waals surface area contributed by atoms with Gasteiger partial charge in [0.25, 0.3) is 0 Å². The molecular formula is C16H14O. The molecule has 0 aliphatic heterocycles. The monoisotopic (exact) mass is 222 g/mol. The largest absolute Gasteiger partial charge is 0.295 e. The van der Waals surface area contributed by atoms with Crippen LogP contribution in [0, 0.1) is 0 Å². The van der Waals surface area contributed by atoms with Crippen LogP contribution in [-0.2, 0) is 11.2 Å². The Balaban J connectivity index is 2.34. The van der Waals surface area contributed by atoms with Crippen molar-refractivity contribution in [2.45, 2.75) is 19.8 Å². The van der Waals surface area contributed by atoms with Crippen LogP contribution in [0.15, 0.2) is 42.0 Å². The maximum Gasteiger partial charge on any atom is 0.158 e. The smallest absolute Gasteiger partial charge is 0.158 e. The van der Waals surface area contributed by atoms with Gasteiger partial charge in [-0.1, -0.05) is 36.4 Å². The summed E-state index contributed by atoms with van der Waals surface area (Å²) in [6.45, 7) is 1.92. The van der Waals surface area contributed by atoms with Crippen LogP contribution < -0.4 is 0 Å². The van der Waals surface area contributed by atoms with Gasteiger partial charge in [0.2, 0.25) is 0 Å². The lowest BCUT2D eigenvalue weighted by Gasteiger charge is -2.07. The number of carbonyl (C=O) groups is 1. The number of allylic oxidation sites excluding steroid dienone is 1. The minimum Gasteiger partial charge on any atom is -0.295 e. The van der Waals surface area contributed by atoms with Crippen LogP contribution in [0.4, 0.5) is 0 Å². The molecule has 0 amide bonds. The van der Waals surface area contributed by atoms with Gasteiger partial charge in [0, 0.05) is 6.42 Å². The first-order chi connectivity index (χ1) is 8.25. The first-order valence-electron chi connectivity index (χ1n) is 5.98. The van der Waals surface area contributed by atoms with Gasteiger partial charge in [-0.15, -0.1) is 0 Å². The maximum absolute atomic E-state index is 11.8. The van der Waals surface area contributed by atoms with E-state index in [1.807, 2.05) is 19.1 Å². The zero-order chi connectivity index (χ0) is 11.8. The summed E-state index contributed by atoms with van der Waals surface area (Å²) < 4.78 is 0. The quantitative estimate of drug-likeness (QED) is 0.663. The summed E-state index contributed by atoms with van der Waals surface area (Å²) in [4.78, 5) is 11.8. The second-order valence-electron chi connectivity index (χ2n) is 4.61. The van der Waals surface area contributed by atoms with Crippen molar-refractivity contribution in [2.24, 2.45) is 0 Å². The van der Waals surface area contributed by atoms with E-state index in [0.29, 0.717) is 6.42 Å². The Bertz CT molecular complexity index is 635. The van der Waals surface area contributed by atoms with Gasteiger partial charge in [-0.25, -0.2) is 0 Å². The van der Waals surface area contributed by atoms with Gasteiger partial charge in [-0.3, -0.25) is 4.79 Å². The van der Waals surface area contributed by atoms with E-state index in [0.717, 1.165) is 12.0 Å². The lowest BCUT2D eigenvalue weighted by Crippen LogP contribution is -1.98. The fourth-order valence-corrected chi connectivity index (χ4v) is 2.47. The number of fused-ring (bicyclic) bond motifs is 3. The fraction of sp³-hybridized carbons (Fsp3) is 0.188. The van der Waals surface area contributed by atoms with Crippen molar-refractivity contribution in [2.75, 3.05) is 0 Å². The third-order valence-corrected chi connectivity index (χ3v) is 3.48. The molecule has 1 heteroatoms. The molecule has 0 radical (unpaired) electrons. The van der Waals surface area contributed by atoms with Gasteiger partial charge in [0.1, 0.15) is 0 Å². The number of benzene rings is 2. The Morgan fingerprint density at radius 3 is 2.71 bits per heavy atom. The standard InChI is InChI=1S/C16H14O/c1-11-10-15-13(8-9-16(11)17)7-6-12-4-2-3-5-14(12)15/h2-7,10H,8-9H2,1H3. The van der Waals surface area contributed by atoms with E-state index >= 15 is 0 Å². The van der Waals surface area contributed by atoms with Gasteiger partial charge in [-0.05, 0) is 46.9 Å². The molecule has 1 aliphatic rings. The highest BCUT2D eigenvalue weighted by molar-refractivity contribution is 6.03. The average molecular weight is 222 g/mol. The SMILES string of the molecule is CC1=Cc2c(ccc3ccccc23)CCC1=O. The molecule has 2 aromatic rings. The van der Waals surface area contributed by atoms with Crippen LogP contribution >= 0.6 is 0 Å². The second kappa shape index (κ2) is 3.85. The third-order valence-electron chi connectivity index (χ3n) is 3.48. The Labute approximate surface area is 101 Å². The number of rotatable bonds is 0. The van der Waals surface area contributed by atoms with Crippen molar-refractivity contribution >= 4 is 22.6 Å². The number of hydrogen-bond donors (Lipinski definition) is 0. The van der Waals surface area contributed by atoms with Gasteiger partial charge >= 0.3 is 0 Å². The van der Waals surface area contributed by atoms with Crippen molar-refractivity contribution in [3.05, 3.63) is 53.1 Å². The van der Waals surface area contributed by atoms with E-state index in [-0.39, 0.29) is 5.78 Å².